The van der Waals surface area contributed by atoms with Gasteiger partial charge in [-0.05, 0) is 13.8 Å². The summed E-state index contributed by atoms with van der Waals surface area (Å²) in [4.78, 5) is 11.1. The number of carbonyl (C=O) groups excluding carboxylic acids is 1. The second-order valence-electron chi connectivity index (χ2n) is 3.25. The van der Waals surface area contributed by atoms with Crippen molar-refractivity contribution < 1.29 is 13.7 Å². The Kier molecular flexibility index (Phi) is 4.45. The van der Waals surface area contributed by atoms with Crippen LogP contribution in [-0.4, -0.2) is 28.8 Å². The zero-order valence-corrected chi connectivity index (χ0v) is 8.86. The van der Waals surface area contributed by atoms with Gasteiger partial charge in [0.25, 0.3) is 0 Å². The van der Waals surface area contributed by atoms with Gasteiger partial charge < -0.3 is 4.74 Å². The van der Waals surface area contributed by atoms with Gasteiger partial charge in [0.15, 0.2) is 0 Å². The monoisotopic (exact) mass is 192 g/mol. The smallest absolute Gasteiger partial charge is 0.312 e. The summed E-state index contributed by atoms with van der Waals surface area (Å²) in [7, 11) is 0.427. The van der Waals surface area contributed by atoms with E-state index in [4.69, 9.17) is 0 Å². The first-order valence-electron chi connectivity index (χ1n) is 3.87. The SMILES string of the molecule is CCS(=O)CC(C)(C)C(=O)OC. The Balaban J connectivity index is 4.21. The highest BCUT2D eigenvalue weighted by molar-refractivity contribution is 7.85. The molecule has 0 radical (unpaired) electrons. The minimum atomic E-state index is -0.919. The van der Waals surface area contributed by atoms with Crippen molar-refractivity contribution in [1.29, 1.82) is 0 Å². The van der Waals surface area contributed by atoms with Crippen molar-refractivity contribution in [2.75, 3.05) is 18.6 Å². The predicted molar refractivity (Wildman–Crippen MR) is 49.3 cm³/mol. The van der Waals surface area contributed by atoms with E-state index in [0.717, 1.165) is 0 Å². The zero-order valence-electron chi connectivity index (χ0n) is 8.05. The molecule has 0 fully saturated rings. The fourth-order valence-electron chi connectivity index (χ4n) is 0.840. The number of ether oxygens (including phenoxy) is 1. The van der Waals surface area contributed by atoms with Crippen LogP contribution in [-0.2, 0) is 20.3 Å². The summed E-state index contributed by atoms with van der Waals surface area (Å²) in [5, 5.41) is 0. The van der Waals surface area contributed by atoms with Crippen LogP contribution in [0.4, 0.5) is 0 Å². The fraction of sp³-hybridized carbons (Fsp3) is 0.875. The van der Waals surface area contributed by atoms with Gasteiger partial charge in [0.2, 0.25) is 0 Å². The van der Waals surface area contributed by atoms with Crippen LogP contribution in [0, 0.1) is 5.41 Å². The molecule has 3 nitrogen and oxygen atoms in total. The van der Waals surface area contributed by atoms with E-state index in [-0.39, 0.29) is 5.97 Å². The molecule has 1 unspecified atom stereocenters. The van der Waals surface area contributed by atoms with Crippen molar-refractivity contribution in [1.82, 2.24) is 0 Å². The summed E-state index contributed by atoms with van der Waals surface area (Å²) < 4.78 is 15.7. The van der Waals surface area contributed by atoms with Gasteiger partial charge >= 0.3 is 5.97 Å². The molecule has 0 aromatic rings. The molecule has 0 aliphatic rings. The fourth-order valence-corrected chi connectivity index (χ4v) is 1.97. The normalized spacial score (nSPS) is 14.0. The van der Waals surface area contributed by atoms with Crippen LogP contribution in [0.2, 0.25) is 0 Å². The minimum Gasteiger partial charge on any atom is -0.469 e. The Hall–Kier alpha value is -0.380. The van der Waals surface area contributed by atoms with Crippen molar-refractivity contribution in [2.45, 2.75) is 20.8 Å². The Labute approximate surface area is 75.9 Å². The van der Waals surface area contributed by atoms with Crippen molar-refractivity contribution in [2.24, 2.45) is 5.41 Å². The predicted octanol–water partition coefficient (Wildman–Crippen LogP) is 0.954. The van der Waals surface area contributed by atoms with Gasteiger partial charge in [-0.2, -0.15) is 0 Å². The molecule has 0 heterocycles. The van der Waals surface area contributed by atoms with E-state index in [2.05, 4.69) is 4.74 Å². The third-order valence-corrected chi connectivity index (χ3v) is 3.27. The standard InChI is InChI=1S/C8H16O3S/c1-5-12(10)6-8(2,3)7(9)11-4/h5-6H2,1-4H3. The van der Waals surface area contributed by atoms with E-state index in [1.807, 2.05) is 6.92 Å². The van der Waals surface area contributed by atoms with Gasteiger partial charge in [-0.15, -0.1) is 0 Å². The molecule has 0 aromatic heterocycles. The van der Waals surface area contributed by atoms with Crippen LogP contribution >= 0.6 is 0 Å². The lowest BCUT2D eigenvalue weighted by molar-refractivity contribution is -0.149. The maximum absolute atomic E-state index is 11.2. The van der Waals surface area contributed by atoms with Crippen LogP contribution in [0.25, 0.3) is 0 Å². The second kappa shape index (κ2) is 4.60. The summed E-state index contributed by atoms with van der Waals surface area (Å²) in [6.45, 7) is 5.32. The summed E-state index contributed by atoms with van der Waals surface area (Å²) in [6, 6.07) is 0. The first kappa shape index (κ1) is 11.6. The first-order valence-corrected chi connectivity index (χ1v) is 5.36. The lowest BCUT2D eigenvalue weighted by Gasteiger charge is -2.19. The Morgan fingerprint density at radius 3 is 2.33 bits per heavy atom. The molecule has 0 bridgehead atoms. The van der Waals surface area contributed by atoms with E-state index in [0.29, 0.717) is 11.5 Å². The van der Waals surface area contributed by atoms with E-state index < -0.39 is 16.2 Å². The summed E-state index contributed by atoms with van der Waals surface area (Å²) in [6.07, 6.45) is 0. The average Bonchev–Trinajstić information content (AvgIpc) is 2.02. The third kappa shape index (κ3) is 3.34. The molecule has 0 saturated carbocycles. The number of esters is 1. The van der Waals surface area contributed by atoms with Crippen molar-refractivity contribution in [3.63, 3.8) is 0 Å². The zero-order chi connectivity index (χ0) is 9.78. The highest BCUT2D eigenvalue weighted by Crippen LogP contribution is 2.18. The van der Waals surface area contributed by atoms with Gasteiger partial charge in [-0.25, -0.2) is 0 Å². The molecule has 0 N–H and O–H groups in total. The molecule has 1 atom stereocenters. The average molecular weight is 192 g/mol. The Morgan fingerprint density at radius 1 is 1.50 bits per heavy atom. The lowest BCUT2D eigenvalue weighted by Crippen LogP contribution is -2.31. The van der Waals surface area contributed by atoms with Gasteiger partial charge in [0, 0.05) is 22.3 Å². The maximum Gasteiger partial charge on any atom is 0.312 e. The highest BCUT2D eigenvalue weighted by atomic mass is 32.2. The number of carbonyl (C=O) groups is 1. The van der Waals surface area contributed by atoms with Crippen LogP contribution in [0.1, 0.15) is 20.8 Å². The summed E-state index contributed by atoms with van der Waals surface area (Å²) in [5.41, 5.74) is -0.629. The summed E-state index contributed by atoms with van der Waals surface area (Å²) >= 11 is 0. The third-order valence-electron chi connectivity index (χ3n) is 1.58. The topological polar surface area (TPSA) is 43.4 Å². The lowest BCUT2D eigenvalue weighted by atomic mass is 9.97. The molecule has 0 aromatic carbocycles. The van der Waals surface area contributed by atoms with Crippen molar-refractivity contribution in [3.05, 3.63) is 0 Å². The van der Waals surface area contributed by atoms with Gasteiger partial charge in [-0.3, -0.25) is 9.00 Å². The van der Waals surface area contributed by atoms with Crippen molar-refractivity contribution in [3.8, 4) is 0 Å². The van der Waals surface area contributed by atoms with Crippen LogP contribution < -0.4 is 0 Å². The van der Waals surface area contributed by atoms with Gasteiger partial charge in [0.05, 0.1) is 12.5 Å². The van der Waals surface area contributed by atoms with Crippen LogP contribution in [0.3, 0.4) is 0 Å². The quantitative estimate of drug-likeness (QED) is 0.623. The molecule has 0 saturated heterocycles. The molecule has 0 amide bonds. The van der Waals surface area contributed by atoms with Gasteiger partial charge in [0.1, 0.15) is 0 Å². The van der Waals surface area contributed by atoms with Crippen LogP contribution in [0.15, 0.2) is 0 Å². The maximum atomic E-state index is 11.2. The Morgan fingerprint density at radius 2 is 2.00 bits per heavy atom. The van der Waals surface area contributed by atoms with E-state index in [9.17, 15) is 9.00 Å². The molecule has 4 heteroatoms. The molecule has 72 valence electrons. The molecule has 0 rings (SSSR count). The molecule has 12 heavy (non-hydrogen) atoms. The number of hydrogen-bond donors (Lipinski definition) is 0. The van der Waals surface area contributed by atoms with Gasteiger partial charge in [-0.1, -0.05) is 6.92 Å². The minimum absolute atomic E-state index is 0.302. The first-order chi connectivity index (χ1) is 5.44. The Bertz CT molecular complexity index is 187. The van der Waals surface area contributed by atoms with E-state index >= 15 is 0 Å². The van der Waals surface area contributed by atoms with E-state index in [1.165, 1.54) is 7.11 Å². The molecular weight excluding hydrogens is 176 g/mol. The van der Waals surface area contributed by atoms with Crippen LogP contribution in [0.5, 0.6) is 0 Å². The van der Waals surface area contributed by atoms with Crippen molar-refractivity contribution >= 4 is 16.8 Å². The number of hydrogen-bond acceptors (Lipinski definition) is 3. The second-order valence-corrected chi connectivity index (χ2v) is 4.99. The van der Waals surface area contributed by atoms with E-state index in [1.54, 1.807) is 13.8 Å². The molecular formula is C8H16O3S. The summed E-state index contributed by atoms with van der Waals surface area (Å²) in [5.74, 6) is 0.653. The molecule has 0 aliphatic carbocycles. The molecule has 0 spiro atoms. The molecule has 0 aliphatic heterocycles. The highest BCUT2D eigenvalue weighted by Gasteiger charge is 2.30. The largest absolute Gasteiger partial charge is 0.469 e. The number of rotatable bonds is 4. The number of methoxy groups -OCH3 is 1.